The van der Waals surface area contributed by atoms with Crippen LogP contribution in [-0.2, 0) is 0 Å². The number of amides is 1. The van der Waals surface area contributed by atoms with Crippen molar-refractivity contribution in [1.29, 1.82) is 0 Å². The second-order valence-corrected chi connectivity index (χ2v) is 5.36. The summed E-state index contributed by atoms with van der Waals surface area (Å²) in [6.45, 7) is 6.99. The Hall–Kier alpha value is -1.06. The second-order valence-electron chi connectivity index (χ2n) is 4.92. The molecule has 94 valence electrons. The molecule has 0 spiro atoms. The lowest BCUT2D eigenvalue weighted by atomic mass is 10.0. The van der Waals surface area contributed by atoms with Crippen LogP contribution < -0.4 is 5.73 Å². The number of hydrogen-bond donors (Lipinski definition) is 1. The zero-order chi connectivity index (χ0) is 13.1. The van der Waals surface area contributed by atoms with Crippen molar-refractivity contribution in [2.24, 2.45) is 5.73 Å². The average molecular weight is 255 g/mol. The third-order valence-electron chi connectivity index (χ3n) is 2.50. The number of halogens is 1. The molecule has 0 heterocycles. The first kappa shape index (κ1) is 14.0. The van der Waals surface area contributed by atoms with Gasteiger partial charge in [-0.1, -0.05) is 11.6 Å². The Morgan fingerprint density at radius 3 is 2.24 bits per heavy atom. The van der Waals surface area contributed by atoms with E-state index >= 15 is 0 Å². The van der Waals surface area contributed by atoms with Gasteiger partial charge in [-0.2, -0.15) is 0 Å². The maximum absolute atomic E-state index is 12.3. The molecule has 0 saturated heterocycles. The minimum absolute atomic E-state index is 0.0142. The van der Waals surface area contributed by atoms with Gasteiger partial charge in [0.2, 0.25) is 0 Å². The number of benzene rings is 1. The van der Waals surface area contributed by atoms with Gasteiger partial charge in [-0.05, 0) is 45.0 Å². The van der Waals surface area contributed by atoms with Gasteiger partial charge in [0.15, 0.2) is 0 Å². The summed E-state index contributed by atoms with van der Waals surface area (Å²) in [6, 6.07) is 6.91. The van der Waals surface area contributed by atoms with Gasteiger partial charge in [0.05, 0.1) is 0 Å². The van der Waals surface area contributed by atoms with Crippen molar-refractivity contribution in [3.05, 3.63) is 34.9 Å². The highest BCUT2D eigenvalue weighted by Gasteiger charge is 2.26. The van der Waals surface area contributed by atoms with Gasteiger partial charge in [-0.15, -0.1) is 0 Å². The van der Waals surface area contributed by atoms with E-state index < -0.39 is 0 Å². The van der Waals surface area contributed by atoms with Crippen LogP contribution >= 0.6 is 11.6 Å². The highest BCUT2D eigenvalue weighted by atomic mass is 35.5. The molecule has 0 atom stereocenters. The molecule has 0 bridgehead atoms. The molecule has 0 radical (unpaired) electrons. The van der Waals surface area contributed by atoms with Crippen LogP contribution in [0.25, 0.3) is 0 Å². The zero-order valence-electron chi connectivity index (χ0n) is 10.5. The largest absolute Gasteiger partial charge is 0.333 e. The summed E-state index contributed by atoms with van der Waals surface area (Å²) in [7, 11) is 0. The zero-order valence-corrected chi connectivity index (χ0v) is 11.3. The summed E-state index contributed by atoms with van der Waals surface area (Å²) >= 11 is 5.80. The summed E-state index contributed by atoms with van der Waals surface area (Å²) in [5.41, 5.74) is 5.95. The standard InChI is InChI=1S/C13H19ClN2O/c1-13(2,3)16(9-8-15)12(17)10-4-6-11(14)7-5-10/h4-7H,8-9,15H2,1-3H3. The van der Waals surface area contributed by atoms with E-state index in [2.05, 4.69) is 0 Å². The van der Waals surface area contributed by atoms with Crippen LogP contribution in [0.5, 0.6) is 0 Å². The van der Waals surface area contributed by atoms with Gasteiger partial charge in [0.1, 0.15) is 0 Å². The average Bonchev–Trinajstić information content (AvgIpc) is 2.24. The fourth-order valence-corrected chi connectivity index (χ4v) is 1.74. The van der Waals surface area contributed by atoms with Crippen molar-refractivity contribution in [1.82, 2.24) is 4.90 Å². The van der Waals surface area contributed by atoms with Crippen LogP contribution in [0.15, 0.2) is 24.3 Å². The minimum atomic E-state index is -0.240. The molecule has 0 aliphatic heterocycles. The molecule has 0 aromatic heterocycles. The van der Waals surface area contributed by atoms with Crippen LogP contribution in [-0.4, -0.2) is 29.4 Å². The highest BCUT2D eigenvalue weighted by Crippen LogP contribution is 2.18. The summed E-state index contributed by atoms with van der Waals surface area (Å²) in [4.78, 5) is 14.1. The van der Waals surface area contributed by atoms with Crippen LogP contribution in [0.4, 0.5) is 0 Å². The van der Waals surface area contributed by atoms with Gasteiger partial charge >= 0.3 is 0 Å². The molecule has 1 aromatic carbocycles. The fraction of sp³-hybridized carbons (Fsp3) is 0.462. The third kappa shape index (κ3) is 3.72. The Kier molecular flexibility index (Phi) is 4.54. The monoisotopic (exact) mass is 254 g/mol. The van der Waals surface area contributed by atoms with E-state index in [1.54, 1.807) is 29.2 Å². The van der Waals surface area contributed by atoms with E-state index in [4.69, 9.17) is 17.3 Å². The fourth-order valence-electron chi connectivity index (χ4n) is 1.62. The molecular weight excluding hydrogens is 236 g/mol. The molecule has 1 aromatic rings. The van der Waals surface area contributed by atoms with Crippen LogP contribution in [0, 0.1) is 0 Å². The van der Waals surface area contributed by atoms with Gasteiger partial charge in [0.25, 0.3) is 5.91 Å². The molecule has 1 amide bonds. The van der Waals surface area contributed by atoms with Crippen molar-refractivity contribution in [3.63, 3.8) is 0 Å². The van der Waals surface area contributed by atoms with Gasteiger partial charge < -0.3 is 10.6 Å². The van der Waals surface area contributed by atoms with E-state index in [1.165, 1.54) is 0 Å². The number of nitrogens with zero attached hydrogens (tertiary/aromatic N) is 1. The van der Waals surface area contributed by atoms with E-state index in [9.17, 15) is 4.79 Å². The van der Waals surface area contributed by atoms with E-state index in [0.29, 0.717) is 23.7 Å². The predicted molar refractivity (Wildman–Crippen MR) is 71.3 cm³/mol. The van der Waals surface area contributed by atoms with Crippen LogP contribution in [0.1, 0.15) is 31.1 Å². The number of hydrogen-bond acceptors (Lipinski definition) is 2. The summed E-state index contributed by atoms with van der Waals surface area (Å²) < 4.78 is 0. The quantitative estimate of drug-likeness (QED) is 0.901. The van der Waals surface area contributed by atoms with Crippen molar-refractivity contribution in [2.75, 3.05) is 13.1 Å². The number of rotatable bonds is 3. The van der Waals surface area contributed by atoms with Crippen LogP contribution in [0.3, 0.4) is 0 Å². The molecule has 0 aliphatic rings. The number of carbonyl (C=O) groups excluding carboxylic acids is 1. The first-order valence-electron chi connectivity index (χ1n) is 5.64. The second kappa shape index (κ2) is 5.52. The topological polar surface area (TPSA) is 46.3 Å². The van der Waals surface area contributed by atoms with E-state index in [-0.39, 0.29) is 11.4 Å². The Morgan fingerprint density at radius 2 is 1.82 bits per heavy atom. The predicted octanol–water partition coefficient (Wildman–Crippen LogP) is 2.54. The lowest BCUT2D eigenvalue weighted by Gasteiger charge is -2.35. The van der Waals surface area contributed by atoms with Crippen LogP contribution in [0.2, 0.25) is 5.02 Å². The Bertz CT molecular complexity index is 381. The summed E-state index contributed by atoms with van der Waals surface area (Å²) in [5, 5.41) is 0.627. The summed E-state index contributed by atoms with van der Waals surface area (Å²) in [6.07, 6.45) is 0. The third-order valence-corrected chi connectivity index (χ3v) is 2.75. The number of nitrogens with two attached hydrogens (primary N) is 1. The normalized spacial score (nSPS) is 11.4. The molecule has 0 unspecified atom stereocenters. The lowest BCUT2D eigenvalue weighted by molar-refractivity contribution is 0.0591. The molecule has 1 rings (SSSR count). The van der Waals surface area contributed by atoms with Crippen molar-refractivity contribution < 1.29 is 4.79 Å². The van der Waals surface area contributed by atoms with Crippen molar-refractivity contribution in [3.8, 4) is 0 Å². The Balaban J connectivity index is 2.96. The molecule has 0 aliphatic carbocycles. The molecule has 0 fully saturated rings. The van der Waals surface area contributed by atoms with Gasteiger partial charge in [-0.3, -0.25) is 4.79 Å². The first-order chi connectivity index (χ1) is 7.86. The molecule has 3 nitrogen and oxygen atoms in total. The smallest absolute Gasteiger partial charge is 0.254 e. The first-order valence-corrected chi connectivity index (χ1v) is 6.01. The van der Waals surface area contributed by atoms with Gasteiger partial charge in [-0.25, -0.2) is 0 Å². The molecular formula is C13H19ClN2O. The maximum Gasteiger partial charge on any atom is 0.254 e. The Labute approximate surface area is 108 Å². The van der Waals surface area contributed by atoms with Crippen molar-refractivity contribution in [2.45, 2.75) is 26.3 Å². The minimum Gasteiger partial charge on any atom is -0.333 e. The highest BCUT2D eigenvalue weighted by molar-refractivity contribution is 6.30. The molecule has 17 heavy (non-hydrogen) atoms. The van der Waals surface area contributed by atoms with E-state index in [0.717, 1.165) is 0 Å². The maximum atomic E-state index is 12.3. The van der Waals surface area contributed by atoms with Crippen molar-refractivity contribution >= 4 is 17.5 Å². The van der Waals surface area contributed by atoms with E-state index in [1.807, 2.05) is 20.8 Å². The summed E-state index contributed by atoms with van der Waals surface area (Å²) in [5.74, 6) is -0.0142. The lowest BCUT2D eigenvalue weighted by Crippen LogP contribution is -2.47. The molecule has 4 heteroatoms. The number of carbonyl (C=O) groups is 1. The van der Waals surface area contributed by atoms with Gasteiger partial charge in [0, 0.05) is 29.2 Å². The Morgan fingerprint density at radius 1 is 1.29 bits per heavy atom. The SMILES string of the molecule is CC(C)(C)N(CCN)C(=O)c1ccc(Cl)cc1. The molecule has 0 saturated carbocycles. The molecule has 2 N–H and O–H groups in total.